The second-order valence-corrected chi connectivity index (χ2v) is 6.98. The number of rotatable bonds is 4. The standard InChI is InChI=1S/C10H13NO5S2/c12-10(13)8-3-4-9(17-8)18(14,15)11-7-2-1-5-16-6-7/h3-4,7,11H,1-2,5-6H2,(H,12,13). The zero-order chi connectivity index (χ0) is 13.2. The Labute approximate surface area is 109 Å². The van der Waals surface area contributed by atoms with E-state index in [1.807, 2.05) is 0 Å². The van der Waals surface area contributed by atoms with Gasteiger partial charge >= 0.3 is 5.97 Å². The monoisotopic (exact) mass is 291 g/mol. The fourth-order valence-electron chi connectivity index (χ4n) is 1.69. The van der Waals surface area contributed by atoms with Crippen LogP contribution in [0.1, 0.15) is 22.5 Å². The lowest BCUT2D eigenvalue weighted by molar-refractivity contribution is 0.0702. The van der Waals surface area contributed by atoms with Crippen molar-refractivity contribution in [2.75, 3.05) is 13.2 Å². The van der Waals surface area contributed by atoms with Crippen molar-refractivity contribution in [3.05, 3.63) is 17.0 Å². The lowest BCUT2D eigenvalue weighted by Gasteiger charge is -2.22. The van der Waals surface area contributed by atoms with Gasteiger partial charge in [-0.2, -0.15) is 0 Å². The van der Waals surface area contributed by atoms with E-state index in [4.69, 9.17) is 9.84 Å². The number of hydrogen-bond acceptors (Lipinski definition) is 5. The van der Waals surface area contributed by atoms with E-state index in [1.165, 1.54) is 12.1 Å². The molecule has 1 aliphatic rings. The maximum absolute atomic E-state index is 12.0. The van der Waals surface area contributed by atoms with E-state index in [1.54, 1.807) is 0 Å². The van der Waals surface area contributed by atoms with Crippen LogP contribution in [0.25, 0.3) is 0 Å². The molecule has 2 heterocycles. The van der Waals surface area contributed by atoms with Gasteiger partial charge in [-0.25, -0.2) is 17.9 Å². The lowest BCUT2D eigenvalue weighted by atomic mass is 10.1. The first-order valence-electron chi connectivity index (χ1n) is 5.42. The summed E-state index contributed by atoms with van der Waals surface area (Å²) in [5, 5.41) is 8.76. The van der Waals surface area contributed by atoms with Gasteiger partial charge in [0.2, 0.25) is 10.0 Å². The van der Waals surface area contributed by atoms with Gasteiger partial charge in [0.05, 0.1) is 6.61 Å². The predicted octanol–water partition coefficient (Wildman–Crippen LogP) is 0.904. The SMILES string of the molecule is O=C(O)c1ccc(S(=O)(=O)NC2CCCOC2)s1. The molecule has 1 fully saturated rings. The van der Waals surface area contributed by atoms with E-state index < -0.39 is 16.0 Å². The molecule has 1 aliphatic heterocycles. The van der Waals surface area contributed by atoms with E-state index in [0.29, 0.717) is 13.2 Å². The minimum absolute atomic E-state index is 0.00951. The minimum atomic E-state index is -3.65. The molecule has 0 saturated carbocycles. The molecular formula is C10H13NO5S2. The molecule has 1 aromatic rings. The Hall–Kier alpha value is -0.960. The summed E-state index contributed by atoms with van der Waals surface area (Å²) in [4.78, 5) is 10.7. The molecule has 1 atom stereocenters. The first kappa shape index (κ1) is 13.5. The van der Waals surface area contributed by atoms with Crippen LogP contribution in [0.3, 0.4) is 0 Å². The summed E-state index contributed by atoms with van der Waals surface area (Å²) in [5.74, 6) is -1.12. The quantitative estimate of drug-likeness (QED) is 0.860. The van der Waals surface area contributed by atoms with Gasteiger partial charge in [0, 0.05) is 12.6 Å². The summed E-state index contributed by atoms with van der Waals surface area (Å²) in [5.41, 5.74) is 0. The number of carboxylic acids is 1. The number of thiophene rings is 1. The third-order valence-corrected chi connectivity index (χ3v) is 5.62. The number of carbonyl (C=O) groups is 1. The van der Waals surface area contributed by atoms with Crippen molar-refractivity contribution in [1.29, 1.82) is 0 Å². The fraction of sp³-hybridized carbons (Fsp3) is 0.500. The molecule has 2 rings (SSSR count). The summed E-state index contributed by atoms with van der Waals surface area (Å²) in [7, 11) is -3.65. The van der Waals surface area contributed by atoms with E-state index >= 15 is 0 Å². The molecule has 0 aromatic carbocycles. The highest BCUT2D eigenvalue weighted by atomic mass is 32.2. The largest absolute Gasteiger partial charge is 0.477 e. The van der Waals surface area contributed by atoms with Crippen molar-refractivity contribution in [1.82, 2.24) is 4.72 Å². The van der Waals surface area contributed by atoms with Crippen LogP contribution in [0.2, 0.25) is 0 Å². The second-order valence-electron chi connectivity index (χ2n) is 3.96. The van der Waals surface area contributed by atoms with Crippen molar-refractivity contribution in [3.8, 4) is 0 Å². The topological polar surface area (TPSA) is 92.7 Å². The highest BCUT2D eigenvalue weighted by Gasteiger charge is 2.24. The molecule has 100 valence electrons. The van der Waals surface area contributed by atoms with Gasteiger partial charge in [-0.05, 0) is 25.0 Å². The van der Waals surface area contributed by atoms with Gasteiger partial charge in [-0.1, -0.05) is 0 Å². The van der Waals surface area contributed by atoms with Crippen LogP contribution < -0.4 is 4.72 Å². The zero-order valence-electron chi connectivity index (χ0n) is 9.46. The van der Waals surface area contributed by atoms with Crippen LogP contribution in [0.15, 0.2) is 16.3 Å². The van der Waals surface area contributed by atoms with Crippen LogP contribution in [-0.2, 0) is 14.8 Å². The van der Waals surface area contributed by atoms with Crippen molar-refractivity contribution in [2.24, 2.45) is 0 Å². The summed E-state index contributed by atoms with van der Waals surface area (Å²) < 4.78 is 31.7. The van der Waals surface area contributed by atoms with Crippen LogP contribution in [0.4, 0.5) is 0 Å². The lowest BCUT2D eigenvalue weighted by Crippen LogP contribution is -2.40. The van der Waals surface area contributed by atoms with E-state index in [-0.39, 0.29) is 15.1 Å². The third kappa shape index (κ3) is 3.08. The van der Waals surface area contributed by atoms with Gasteiger partial charge < -0.3 is 9.84 Å². The second kappa shape index (κ2) is 5.35. The van der Waals surface area contributed by atoms with Crippen molar-refractivity contribution in [2.45, 2.75) is 23.1 Å². The van der Waals surface area contributed by atoms with Crippen molar-refractivity contribution >= 4 is 27.3 Å². The smallest absolute Gasteiger partial charge is 0.345 e. The highest BCUT2D eigenvalue weighted by molar-refractivity contribution is 7.91. The summed E-state index contributed by atoms with van der Waals surface area (Å²) in [6.07, 6.45) is 1.55. The van der Waals surface area contributed by atoms with Crippen molar-refractivity contribution in [3.63, 3.8) is 0 Å². The van der Waals surface area contributed by atoms with E-state index in [9.17, 15) is 13.2 Å². The molecule has 0 amide bonds. The molecule has 0 bridgehead atoms. The Morgan fingerprint density at radius 1 is 1.50 bits per heavy atom. The molecule has 0 aliphatic carbocycles. The average Bonchev–Trinajstić information content (AvgIpc) is 2.79. The maximum Gasteiger partial charge on any atom is 0.345 e. The number of carboxylic acid groups (broad SMARTS) is 1. The van der Waals surface area contributed by atoms with Crippen molar-refractivity contribution < 1.29 is 23.1 Å². The molecule has 8 heteroatoms. The summed E-state index contributed by atoms with van der Waals surface area (Å²) >= 11 is 0.746. The van der Waals surface area contributed by atoms with Gasteiger partial charge in [-0.3, -0.25) is 0 Å². The normalized spacial score (nSPS) is 20.8. The Bertz CT molecular complexity index is 530. The van der Waals surface area contributed by atoms with Gasteiger partial charge in [0.1, 0.15) is 9.09 Å². The molecule has 0 spiro atoms. The van der Waals surface area contributed by atoms with Crippen LogP contribution in [0, 0.1) is 0 Å². The Kier molecular flexibility index (Phi) is 4.00. The average molecular weight is 291 g/mol. The summed E-state index contributed by atoms with van der Waals surface area (Å²) in [6, 6.07) is 2.36. The number of hydrogen-bond donors (Lipinski definition) is 2. The van der Waals surface area contributed by atoms with Crippen LogP contribution in [0.5, 0.6) is 0 Å². The van der Waals surface area contributed by atoms with Gasteiger partial charge in [0.25, 0.3) is 0 Å². The number of aromatic carboxylic acids is 1. The molecule has 1 saturated heterocycles. The number of nitrogens with one attached hydrogen (secondary N) is 1. The molecule has 1 aromatic heterocycles. The van der Waals surface area contributed by atoms with E-state index in [0.717, 1.165) is 24.2 Å². The molecule has 0 radical (unpaired) electrons. The first-order valence-corrected chi connectivity index (χ1v) is 7.72. The zero-order valence-corrected chi connectivity index (χ0v) is 11.1. The number of ether oxygens (including phenoxy) is 1. The van der Waals surface area contributed by atoms with Crippen LogP contribution >= 0.6 is 11.3 Å². The van der Waals surface area contributed by atoms with Crippen LogP contribution in [-0.4, -0.2) is 38.7 Å². The predicted molar refractivity (Wildman–Crippen MR) is 65.4 cm³/mol. The molecule has 1 unspecified atom stereocenters. The van der Waals surface area contributed by atoms with E-state index in [2.05, 4.69) is 4.72 Å². The third-order valence-electron chi connectivity index (χ3n) is 2.54. The minimum Gasteiger partial charge on any atom is -0.477 e. The van der Waals surface area contributed by atoms with Gasteiger partial charge in [0.15, 0.2) is 0 Å². The molecular weight excluding hydrogens is 278 g/mol. The highest BCUT2D eigenvalue weighted by Crippen LogP contribution is 2.22. The molecule has 18 heavy (non-hydrogen) atoms. The maximum atomic E-state index is 12.0. The summed E-state index contributed by atoms with van der Waals surface area (Å²) in [6.45, 7) is 1.01. The number of sulfonamides is 1. The Balaban J connectivity index is 2.11. The fourth-order valence-corrected chi connectivity index (χ4v) is 4.11. The molecule has 6 nitrogen and oxygen atoms in total. The Morgan fingerprint density at radius 3 is 2.83 bits per heavy atom. The van der Waals surface area contributed by atoms with Gasteiger partial charge in [-0.15, -0.1) is 11.3 Å². The Morgan fingerprint density at radius 2 is 2.28 bits per heavy atom. The molecule has 2 N–H and O–H groups in total. The first-order chi connectivity index (χ1) is 8.49.